The van der Waals surface area contributed by atoms with E-state index in [1.54, 1.807) is 6.07 Å². The molecule has 0 radical (unpaired) electrons. The number of carboxylic acid groups (broad SMARTS) is 1. The number of benzene rings is 1. The van der Waals surface area contributed by atoms with Gasteiger partial charge < -0.3 is 24.8 Å². The molecular weight excluding hydrogens is 456 g/mol. The minimum Gasteiger partial charge on any atom is -0.508 e. The summed E-state index contributed by atoms with van der Waals surface area (Å²) < 4.78 is 12.3. The van der Waals surface area contributed by atoms with Crippen LogP contribution in [0.4, 0.5) is 0 Å². The van der Waals surface area contributed by atoms with Gasteiger partial charge in [-0.25, -0.2) is 0 Å². The van der Waals surface area contributed by atoms with Crippen molar-refractivity contribution in [3.8, 4) is 18.1 Å². The van der Waals surface area contributed by atoms with Gasteiger partial charge in [-0.15, -0.1) is 6.42 Å². The Bertz CT molecular complexity index is 953. The van der Waals surface area contributed by atoms with E-state index in [1.807, 2.05) is 6.07 Å². The molecule has 4 rings (SSSR count). The maximum atomic E-state index is 11.4. The molecule has 3 aliphatic rings. The Morgan fingerprint density at radius 3 is 2.69 bits per heavy atom. The van der Waals surface area contributed by atoms with Crippen molar-refractivity contribution < 1.29 is 29.6 Å². The molecule has 6 atom stereocenters. The maximum absolute atomic E-state index is 11.4. The molecule has 0 bridgehead atoms. The van der Waals surface area contributed by atoms with E-state index in [9.17, 15) is 15.0 Å². The van der Waals surface area contributed by atoms with Gasteiger partial charge in [-0.1, -0.05) is 38.2 Å². The highest BCUT2D eigenvalue weighted by Gasteiger charge is 2.63. The van der Waals surface area contributed by atoms with Gasteiger partial charge in [0.2, 0.25) is 0 Å². The van der Waals surface area contributed by atoms with Gasteiger partial charge >= 0.3 is 5.97 Å². The SMILES string of the molecule is C#C[C@]1(O)CC[C@H]2[C@@H]3CCc4cc(O)ccc4[C@H]3[C@@H](OCCOCCCCCCCC(=O)O)C[C@@]21C. The second kappa shape index (κ2) is 11.5. The number of hydrogen-bond donors (Lipinski definition) is 3. The van der Waals surface area contributed by atoms with Crippen molar-refractivity contribution in [3.63, 3.8) is 0 Å². The number of aliphatic carboxylic acids is 1. The van der Waals surface area contributed by atoms with E-state index >= 15 is 0 Å². The van der Waals surface area contributed by atoms with Gasteiger partial charge in [0.1, 0.15) is 11.4 Å². The Balaban J connectivity index is 1.34. The first-order valence-corrected chi connectivity index (χ1v) is 13.7. The molecule has 198 valence electrons. The van der Waals surface area contributed by atoms with Gasteiger partial charge in [0.05, 0.1) is 19.3 Å². The molecular formula is C30H42O6. The number of rotatable bonds is 12. The Labute approximate surface area is 215 Å². The summed E-state index contributed by atoms with van der Waals surface area (Å²) in [6, 6.07) is 5.74. The van der Waals surface area contributed by atoms with Crippen molar-refractivity contribution >= 4 is 5.97 Å². The highest BCUT2D eigenvalue weighted by molar-refractivity contribution is 5.66. The van der Waals surface area contributed by atoms with Crippen LogP contribution in [0, 0.1) is 29.6 Å². The number of hydrogen-bond acceptors (Lipinski definition) is 5. The topological polar surface area (TPSA) is 96.2 Å². The number of fused-ring (bicyclic) bond motifs is 5. The highest BCUT2D eigenvalue weighted by atomic mass is 16.5. The summed E-state index contributed by atoms with van der Waals surface area (Å²) >= 11 is 0. The van der Waals surface area contributed by atoms with Crippen molar-refractivity contribution in [1.29, 1.82) is 0 Å². The van der Waals surface area contributed by atoms with Crippen LogP contribution in [0.15, 0.2) is 18.2 Å². The van der Waals surface area contributed by atoms with Gasteiger partial charge in [0.25, 0.3) is 0 Å². The summed E-state index contributed by atoms with van der Waals surface area (Å²) in [5, 5.41) is 30.1. The Kier molecular flexibility index (Phi) is 8.65. The molecule has 6 nitrogen and oxygen atoms in total. The second-order valence-electron chi connectivity index (χ2n) is 11.3. The average Bonchev–Trinajstić information content (AvgIpc) is 3.12. The molecule has 1 aromatic rings. The first-order chi connectivity index (χ1) is 17.3. The molecule has 0 aromatic heterocycles. The highest BCUT2D eigenvalue weighted by Crippen LogP contribution is 2.64. The summed E-state index contributed by atoms with van der Waals surface area (Å²) in [5.74, 6) is 3.33. The van der Waals surface area contributed by atoms with Crippen LogP contribution in [0.5, 0.6) is 5.75 Å². The van der Waals surface area contributed by atoms with E-state index in [1.165, 1.54) is 11.1 Å². The third-order valence-electron chi connectivity index (χ3n) is 9.29. The number of carbonyl (C=O) groups is 1. The van der Waals surface area contributed by atoms with Crippen LogP contribution in [0.3, 0.4) is 0 Å². The third-order valence-corrected chi connectivity index (χ3v) is 9.29. The Morgan fingerprint density at radius 2 is 1.92 bits per heavy atom. The monoisotopic (exact) mass is 498 g/mol. The van der Waals surface area contributed by atoms with Gasteiger partial charge in [-0.05, 0) is 80.0 Å². The zero-order valence-electron chi connectivity index (χ0n) is 21.6. The molecule has 1 aromatic carbocycles. The lowest BCUT2D eigenvalue weighted by molar-refractivity contribution is -0.137. The fourth-order valence-electron chi connectivity index (χ4n) is 7.39. The first-order valence-electron chi connectivity index (χ1n) is 13.7. The summed E-state index contributed by atoms with van der Waals surface area (Å²) in [5.41, 5.74) is 1.01. The van der Waals surface area contributed by atoms with Gasteiger partial charge in [-0.3, -0.25) is 4.79 Å². The zero-order valence-corrected chi connectivity index (χ0v) is 21.6. The molecule has 0 saturated heterocycles. The Hall–Kier alpha value is -2.07. The fraction of sp³-hybridized carbons (Fsp3) is 0.700. The van der Waals surface area contributed by atoms with Crippen LogP contribution in [0.25, 0.3) is 0 Å². The third kappa shape index (κ3) is 5.44. The van der Waals surface area contributed by atoms with E-state index in [0.29, 0.717) is 43.8 Å². The van der Waals surface area contributed by atoms with Gasteiger partial charge in [0, 0.05) is 24.4 Å². The van der Waals surface area contributed by atoms with Gasteiger partial charge in [0.15, 0.2) is 0 Å². The number of phenols is 1. The lowest BCUT2D eigenvalue weighted by atomic mass is 9.52. The van der Waals surface area contributed by atoms with Crippen molar-refractivity contribution in [1.82, 2.24) is 0 Å². The molecule has 0 unspecified atom stereocenters. The van der Waals surface area contributed by atoms with E-state index in [-0.39, 0.29) is 23.9 Å². The molecule has 2 saturated carbocycles. The molecule has 6 heteroatoms. The molecule has 2 fully saturated rings. The zero-order chi connectivity index (χ0) is 25.8. The number of ether oxygens (including phenoxy) is 2. The van der Waals surface area contributed by atoms with Crippen LogP contribution in [-0.2, 0) is 20.7 Å². The molecule has 0 heterocycles. The van der Waals surface area contributed by atoms with Crippen molar-refractivity contribution in [2.75, 3.05) is 19.8 Å². The normalized spacial score (nSPS) is 32.8. The van der Waals surface area contributed by atoms with Crippen LogP contribution in [0.1, 0.15) is 88.2 Å². The van der Waals surface area contributed by atoms with Gasteiger partial charge in [-0.2, -0.15) is 0 Å². The van der Waals surface area contributed by atoms with Crippen LogP contribution < -0.4 is 0 Å². The van der Waals surface area contributed by atoms with Crippen molar-refractivity contribution in [3.05, 3.63) is 29.3 Å². The molecule has 0 spiro atoms. The first kappa shape index (κ1) is 27.0. The maximum Gasteiger partial charge on any atom is 0.303 e. The summed E-state index contributed by atoms with van der Waals surface area (Å²) in [7, 11) is 0. The number of aromatic hydroxyl groups is 1. The number of phenolic OH excluding ortho intramolecular Hbond substituents is 1. The number of aryl methyl sites for hydroxylation is 1. The largest absolute Gasteiger partial charge is 0.508 e. The van der Waals surface area contributed by atoms with Crippen LogP contribution in [0.2, 0.25) is 0 Å². The molecule has 3 N–H and O–H groups in total. The quantitative estimate of drug-likeness (QED) is 0.276. The predicted octanol–water partition coefficient (Wildman–Crippen LogP) is 5.05. The smallest absolute Gasteiger partial charge is 0.303 e. The van der Waals surface area contributed by atoms with Crippen molar-refractivity contribution in [2.24, 2.45) is 17.3 Å². The number of terminal acetylenes is 1. The van der Waals surface area contributed by atoms with Crippen molar-refractivity contribution in [2.45, 2.75) is 95.2 Å². The molecule has 3 aliphatic carbocycles. The average molecular weight is 499 g/mol. The molecule has 36 heavy (non-hydrogen) atoms. The second-order valence-corrected chi connectivity index (χ2v) is 11.3. The minimum atomic E-state index is -1.10. The summed E-state index contributed by atoms with van der Waals surface area (Å²) in [6.45, 7) is 3.86. The fourth-order valence-corrected chi connectivity index (χ4v) is 7.39. The minimum absolute atomic E-state index is 0.0596. The predicted molar refractivity (Wildman–Crippen MR) is 138 cm³/mol. The number of unbranched alkanes of at least 4 members (excludes halogenated alkanes) is 4. The number of carboxylic acids is 1. The summed E-state index contributed by atoms with van der Waals surface area (Å²) in [6.07, 6.45) is 15.0. The Morgan fingerprint density at radius 1 is 1.14 bits per heavy atom. The lowest BCUT2D eigenvalue weighted by Gasteiger charge is -2.55. The van der Waals surface area contributed by atoms with Crippen LogP contribution in [-0.4, -0.2) is 52.8 Å². The number of aliphatic hydroxyl groups is 1. The lowest BCUT2D eigenvalue weighted by Crippen LogP contribution is -2.55. The standard InChI is InChI=1S/C30H42O6/c1-3-30(34)15-14-25-24-12-10-21-19-22(31)11-13-23(21)28(24)26(20-29(25,30)2)36-18-17-35-16-8-6-4-5-7-9-27(32)33/h1,11,13,19,24-26,28,31,34H,4-10,12,14-18,20H2,2H3,(H,32,33)/t24-,25-,26-,28+,29-,30-/m0/s1. The molecule has 0 aliphatic heterocycles. The molecule has 0 amide bonds. The van der Waals surface area contributed by atoms with Crippen LogP contribution >= 0.6 is 0 Å². The van der Waals surface area contributed by atoms with E-state index in [2.05, 4.69) is 18.9 Å². The van der Waals surface area contributed by atoms with E-state index < -0.39 is 11.6 Å². The van der Waals surface area contributed by atoms with E-state index in [0.717, 1.165) is 57.8 Å². The van der Waals surface area contributed by atoms with E-state index in [4.69, 9.17) is 21.0 Å². The summed E-state index contributed by atoms with van der Waals surface area (Å²) in [4.78, 5) is 10.6.